The number of carbonyl (C=O) groups excluding carboxylic acids is 1. The van der Waals surface area contributed by atoms with Gasteiger partial charge in [0.05, 0.1) is 12.2 Å². The molecule has 0 fully saturated rings. The third-order valence-corrected chi connectivity index (χ3v) is 3.03. The lowest BCUT2D eigenvalue weighted by atomic mass is 10.1. The molecule has 0 bridgehead atoms. The monoisotopic (exact) mass is 299 g/mol. The van der Waals surface area contributed by atoms with Crippen LogP contribution in [0.1, 0.15) is 33.2 Å². The van der Waals surface area contributed by atoms with Gasteiger partial charge in [-0.3, -0.25) is 4.79 Å². The van der Waals surface area contributed by atoms with Crippen LogP contribution in [0, 0.1) is 0 Å². The van der Waals surface area contributed by atoms with Gasteiger partial charge in [-0.25, -0.2) is 4.79 Å². The fraction of sp³-hybridized carbons (Fsp3) is 0.176. The van der Waals surface area contributed by atoms with Gasteiger partial charge in [-0.15, -0.1) is 0 Å². The number of aromatic carboxylic acids is 1. The maximum absolute atomic E-state index is 12.1. The maximum atomic E-state index is 12.1. The Morgan fingerprint density at radius 1 is 1.09 bits per heavy atom. The lowest BCUT2D eigenvalue weighted by molar-refractivity contribution is 0.0696. The van der Waals surface area contributed by atoms with Crippen molar-refractivity contribution in [3.05, 3.63) is 65.2 Å². The highest BCUT2D eigenvalue weighted by atomic mass is 16.5. The molecule has 22 heavy (non-hydrogen) atoms. The van der Waals surface area contributed by atoms with E-state index in [1.54, 1.807) is 42.5 Å². The summed E-state index contributed by atoms with van der Waals surface area (Å²) >= 11 is 0. The normalized spacial score (nSPS) is 10.0. The molecule has 0 aromatic heterocycles. The average molecular weight is 299 g/mol. The van der Waals surface area contributed by atoms with E-state index in [2.05, 4.69) is 5.32 Å². The summed E-state index contributed by atoms with van der Waals surface area (Å²) in [5.41, 5.74) is 1.43. The van der Waals surface area contributed by atoms with Crippen molar-refractivity contribution in [1.82, 2.24) is 5.32 Å². The second-order valence-electron chi connectivity index (χ2n) is 4.65. The molecule has 2 aromatic carbocycles. The molecular weight excluding hydrogens is 282 g/mol. The van der Waals surface area contributed by atoms with Crippen LogP contribution in [0.5, 0.6) is 5.75 Å². The largest absolute Gasteiger partial charge is 0.494 e. The van der Waals surface area contributed by atoms with Crippen LogP contribution in [0.15, 0.2) is 48.5 Å². The first-order valence-corrected chi connectivity index (χ1v) is 6.93. The first-order valence-electron chi connectivity index (χ1n) is 6.93. The van der Waals surface area contributed by atoms with Gasteiger partial charge in [-0.1, -0.05) is 18.2 Å². The van der Waals surface area contributed by atoms with Crippen molar-refractivity contribution < 1.29 is 19.4 Å². The van der Waals surface area contributed by atoms with Crippen molar-refractivity contribution >= 4 is 11.9 Å². The minimum atomic E-state index is -0.988. The zero-order valence-corrected chi connectivity index (χ0v) is 12.2. The smallest absolute Gasteiger partial charge is 0.335 e. The molecule has 2 N–H and O–H groups in total. The lowest BCUT2D eigenvalue weighted by Crippen LogP contribution is -2.22. The summed E-state index contributed by atoms with van der Waals surface area (Å²) in [4.78, 5) is 23.0. The Kier molecular flexibility index (Phi) is 5.14. The standard InChI is InChI=1S/C17H17NO4/c1-2-22-15-8-4-6-13(10-15)16(19)18-11-12-5-3-7-14(9-12)17(20)21/h3-10H,2,11H2,1H3,(H,18,19)(H,20,21). The third kappa shape index (κ3) is 4.09. The Hall–Kier alpha value is -2.82. The van der Waals surface area contributed by atoms with Crippen molar-refractivity contribution in [2.75, 3.05) is 6.61 Å². The summed E-state index contributed by atoms with van der Waals surface area (Å²) in [5.74, 6) is -0.581. The van der Waals surface area contributed by atoms with E-state index in [4.69, 9.17) is 9.84 Å². The summed E-state index contributed by atoms with van der Waals surface area (Å²) in [5, 5.41) is 11.7. The number of benzene rings is 2. The van der Waals surface area contributed by atoms with Crippen molar-refractivity contribution in [3.8, 4) is 5.75 Å². The van der Waals surface area contributed by atoms with Gasteiger partial charge in [0, 0.05) is 12.1 Å². The quantitative estimate of drug-likeness (QED) is 0.860. The second-order valence-corrected chi connectivity index (χ2v) is 4.65. The second kappa shape index (κ2) is 7.26. The van der Waals surface area contributed by atoms with E-state index < -0.39 is 5.97 Å². The van der Waals surface area contributed by atoms with Crippen LogP contribution in [-0.4, -0.2) is 23.6 Å². The van der Waals surface area contributed by atoms with Crippen LogP contribution in [0.2, 0.25) is 0 Å². The summed E-state index contributed by atoms with van der Waals surface area (Å²) in [6.45, 7) is 2.67. The van der Waals surface area contributed by atoms with E-state index >= 15 is 0 Å². The van der Waals surface area contributed by atoms with Gasteiger partial charge in [-0.2, -0.15) is 0 Å². The predicted molar refractivity (Wildman–Crippen MR) is 82.2 cm³/mol. The lowest BCUT2D eigenvalue weighted by Gasteiger charge is -2.08. The van der Waals surface area contributed by atoms with E-state index in [9.17, 15) is 9.59 Å². The van der Waals surface area contributed by atoms with Crippen LogP contribution < -0.4 is 10.1 Å². The van der Waals surface area contributed by atoms with E-state index in [0.29, 0.717) is 17.9 Å². The van der Waals surface area contributed by atoms with E-state index in [-0.39, 0.29) is 18.0 Å². The third-order valence-electron chi connectivity index (χ3n) is 3.03. The van der Waals surface area contributed by atoms with Crippen LogP contribution in [-0.2, 0) is 6.54 Å². The first-order chi connectivity index (χ1) is 10.6. The highest BCUT2D eigenvalue weighted by molar-refractivity contribution is 5.94. The summed E-state index contributed by atoms with van der Waals surface area (Å²) in [6.07, 6.45) is 0. The summed E-state index contributed by atoms with van der Waals surface area (Å²) < 4.78 is 5.36. The van der Waals surface area contributed by atoms with Gasteiger partial charge < -0.3 is 15.2 Å². The highest BCUT2D eigenvalue weighted by Gasteiger charge is 2.08. The number of hydrogen-bond acceptors (Lipinski definition) is 3. The van der Waals surface area contributed by atoms with E-state index in [1.807, 2.05) is 6.92 Å². The molecule has 0 saturated carbocycles. The number of ether oxygens (including phenoxy) is 1. The van der Waals surface area contributed by atoms with Crippen LogP contribution in [0.25, 0.3) is 0 Å². The average Bonchev–Trinajstić information content (AvgIpc) is 2.53. The Balaban J connectivity index is 2.02. The molecule has 0 aliphatic rings. The minimum Gasteiger partial charge on any atom is -0.494 e. The summed E-state index contributed by atoms with van der Waals surface area (Å²) in [6, 6.07) is 13.4. The number of hydrogen-bond donors (Lipinski definition) is 2. The highest BCUT2D eigenvalue weighted by Crippen LogP contribution is 2.13. The molecule has 0 saturated heterocycles. The van der Waals surface area contributed by atoms with Crippen LogP contribution in [0.3, 0.4) is 0 Å². The van der Waals surface area contributed by atoms with Gasteiger partial charge in [0.1, 0.15) is 5.75 Å². The van der Waals surface area contributed by atoms with Gasteiger partial charge in [0.2, 0.25) is 0 Å². The van der Waals surface area contributed by atoms with Crippen molar-refractivity contribution in [3.63, 3.8) is 0 Å². The van der Waals surface area contributed by atoms with Crippen molar-refractivity contribution in [1.29, 1.82) is 0 Å². The number of carbonyl (C=O) groups is 2. The van der Waals surface area contributed by atoms with Crippen molar-refractivity contribution in [2.24, 2.45) is 0 Å². The summed E-state index contributed by atoms with van der Waals surface area (Å²) in [7, 11) is 0. The predicted octanol–water partition coefficient (Wildman–Crippen LogP) is 2.71. The topological polar surface area (TPSA) is 75.6 Å². The first kappa shape index (κ1) is 15.6. The molecule has 2 aromatic rings. The Morgan fingerprint density at radius 3 is 2.55 bits per heavy atom. The zero-order chi connectivity index (χ0) is 15.9. The Morgan fingerprint density at radius 2 is 1.82 bits per heavy atom. The SMILES string of the molecule is CCOc1cccc(C(=O)NCc2cccc(C(=O)O)c2)c1. The minimum absolute atomic E-state index is 0.199. The number of nitrogens with one attached hydrogen (secondary N) is 1. The fourth-order valence-corrected chi connectivity index (χ4v) is 1.99. The Labute approximate surface area is 128 Å². The zero-order valence-electron chi connectivity index (χ0n) is 12.2. The molecule has 0 aliphatic heterocycles. The van der Waals surface area contributed by atoms with Gasteiger partial charge >= 0.3 is 5.97 Å². The van der Waals surface area contributed by atoms with Crippen LogP contribution in [0.4, 0.5) is 0 Å². The molecule has 2 rings (SSSR count). The van der Waals surface area contributed by atoms with Gasteiger partial charge in [-0.05, 0) is 42.8 Å². The molecule has 5 nitrogen and oxygen atoms in total. The molecular formula is C17H17NO4. The molecule has 114 valence electrons. The number of carboxylic acid groups (broad SMARTS) is 1. The molecule has 0 aliphatic carbocycles. The number of rotatable bonds is 6. The maximum Gasteiger partial charge on any atom is 0.335 e. The Bertz CT molecular complexity index is 682. The van der Waals surface area contributed by atoms with Gasteiger partial charge in [0.15, 0.2) is 0 Å². The van der Waals surface area contributed by atoms with Gasteiger partial charge in [0.25, 0.3) is 5.91 Å². The molecule has 1 amide bonds. The molecule has 5 heteroatoms. The fourth-order valence-electron chi connectivity index (χ4n) is 1.99. The molecule has 0 radical (unpaired) electrons. The van der Waals surface area contributed by atoms with E-state index in [0.717, 1.165) is 5.56 Å². The number of carboxylic acids is 1. The molecule has 0 spiro atoms. The molecule has 0 heterocycles. The molecule has 0 atom stereocenters. The number of amides is 1. The molecule has 0 unspecified atom stereocenters. The van der Waals surface area contributed by atoms with E-state index in [1.165, 1.54) is 6.07 Å². The van der Waals surface area contributed by atoms with Crippen LogP contribution >= 0.6 is 0 Å². The van der Waals surface area contributed by atoms with Crippen molar-refractivity contribution in [2.45, 2.75) is 13.5 Å².